The van der Waals surface area contributed by atoms with E-state index in [0.717, 1.165) is 17.0 Å². The molecule has 2 amide bonds. The van der Waals surface area contributed by atoms with E-state index in [4.69, 9.17) is 4.74 Å². The first-order chi connectivity index (χ1) is 15.7. The van der Waals surface area contributed by atoms with E-state index < -0.39 is 0 Å². The lowest BCUT2D eigenvalue weighted by molar-refractivity contribution is -0.115. The van der Waals surface area contributed by atoms with E-state index in [1.54, 1.807) is 35.3 Å². The second-order valence-corrected chi connectivity index (χ2v) is 6.88. The van der Waals surface area contributed by atoms with E-state index in [1.165, 1.54) is 6.33 Å². The Labute approximate surface area is 184 Å². The largest absolute Gasteiger partial charge is 0.489 e. The summed E-state index contributed by atoms with van der Waals surface area (Å²) in [6, 6.07) is 23.7. The van der Waals surface area contributed by atoms with Crippen LogP contribution in [0.2, 0.25) is 0 Å². The second-order valence-electron chi connectivity index (χ2n) is 6.88. The number of ether oxygens (including phenoxy) is 1. The summed E-state index contributed by atoms with van der Waals surface area (Å²) in [5.74, 6) is 0.0516. The number of nitrogens with zero attached hydrogens (tertiary/aromatic N) is 3. The SMILES string of the molecule is O=C(CNC(=O)c1ccccc1COc1ccccc1)Nc1ccc(-n2cncn2)cc1. The molecule has 4 aromatic rings. The molecule has 0 saturated carbocycles. The van der Waals surface area contributed by atoms with Crippen molar-refractivity contribution < 1.29 is 14.3 Å². The molecule has 3 aromatic carbocycles. The molecule has 0 atom stereocenters. The van der Waals surface area contributed by atoms with E-state index >= 15 is 0 Å². The number of hydrogen-bond donors (Lipinski definition) is 2. The van der Waals surface area contributed by atoms with E-state index in [9.17, 15) is 9.59 Å². The summed E-state index contributed by atoms with van der Waals surface area (Å²) in [5.41, 5.74) is 2.64. The Morgan fingerprint density at radius 1 is 0.906 bits per heavy atom. The lowest BCUT2D eigenvalue weighted by Crippen LogP contribution is -2.33. The molecule has 1 heterocycles. The molecule has 8 heteroatoms. The van der Waals surface area contributed by atoms with Crippen LogP contribution in [0.5, 0.6) is 5.75 Å². The van der Waals surface area contributed by atoms with Gasteiger partial charge in [-0.2, -0.15) is 5.10 Å². The Morgan fingerprint density at radius 3 is 2.41 bits per heavy atom. The topological polar surface area (TPSA) is 98.1 Å². The molecule has 8 nitrogen and oxygen atoms in total. The van der Waals surface area contributed by atoms with Crippen LogP contribution in [0.3, 0.4) is 0 Å². The van der Waals surface area contributed by atoms with Gasteiger partial charge in [-0.15, -0.1) is 0 Å². The molecule has 0 aliphatic heterocycles. The second kappa shape index (κ2) is 10.0. The molecule has 32 heavy (non-hydrogen) atoms. The van der Waals surface area contributed by atoms with Crippen molar-refractivity contribution in [3.05, 3.63) is 103 Å². The number of aromatic nitrogens is 3. The van der Waals surface area contributed by atoms with Crippen molar-refractivity contribution >= 4 is 17.5 Å². The van der Waals surface area contributed by atoms with Crippen LogP contribution in [0.4, 0.5) is 5.69 Å². The van der Waals surface area contributed by atoms with Gasteiger partial charge in [0.2, 0.25) is 5.91 Å². The summed E-state index contributed by atoms with van der Waals surface area (Å²) in [6.45, 7) is 0.0927. The zero-order valence-electron chi connectivity index (χ0n) is 17.1. The molecular formula is C24H21N5O3. The minimum Gasteiger partial charge on any atom is -0.489 e. The van der Waals surface area contributed by atoms with Crippen LogP contribution in [0.25, 0.3) is 5.69 Å². The van der Waals surface area contributed by atoms with E-state index in [-0.39, 0.29) is 25.0 Å². The van der Waals surface area contributed by atoms with Gasteiger partial charge < -0.3 is 15.4 Å². The number of benzene rings is 3. The molecule has 0 saturated heterocycles. The highest BCUT2D eigenvalue weighted by Gasteiger charge is 2.13. The Kier molecular flexibility index (Phi) is 6.52. The lowest BCUT2D eigenvalue weighted by Gasteiger charge is -2.12. The van der Waals surface area contributed by atoms with Gasteiger partial charge >= 0.3 is 0 Å². The Balaban J connectivity index is 1.31. The number of para-hydroxylation sites is 1. The van der Waals surface area contributed by atoms with Crippen molar-refractivity contribution in [2.24, 2.45) is 0 Å². The maximum atomic E-state index is 12.6. The summed E-state index contributed by atoms with van der Waals surface area (Å²) in [5, 5.41) is 9.48. The fraction of sp³-hybridized carbons (Fsp3) is 0.0833. The number of carbonyl (C=O) groups is 2. The molecule has 0 unspecified atom stereocenters. The fourth-order valence-corrected chi connectivity index (χ4v) is 3.05. The summed E-state index contributed by atoms with van der Waals surface area (Å²) < 4.78 is 7.37. The third-order valence-corrected chi connectivity index (χ3v) is 4.64. The predicted octanol–water partition coefficient (Wildman–Crippen LogP) is 3.21. The van der Waals surface area contributed by atoms with Gasteiger partial charge in [-0.3, -0.25) is 9.59 Å². The van der Waals surface area contributed by atoms with Gasteiger partial charge in [0.25, 0.3) is 5.91 Å². The standard InChI is InChI=1S/C24H21N5O3/c30-23(28-19-10-12-20(13-11-19)29-17-25-16-27-29)14-26-24(31)22-9-5-4-6-18(22)15-32-21-7-2-1-3-8-21/h1-13,16-17H,14-15H2,(H,26,31)(H,28,30). The average Bonchev–Trinajstić information content (AvgIpc) is 3.38. The van der Waals surface area contributed by atoms with Gasteiger partial charge in [-0.05, 0) is 42.5 Å². The predicted molar refractivity (Wildman–Crippen MR) is 120 cm³/mol. The monoisotopic (exact) mass is 427 g/mol. The quantitative estimate of drug-likeness (QED) is 0.450. The average molecular weight is 427 g/mol. The third kappa shape index (κ3) is 5.37. The van der Waals surface area contributed by atoms with Crippen LogP contribution in [0.15, 0.2) is 91.5 Å². The molecule has 0 radical (unpaired) electrons. The summed E-state index contributed by atoms with van der Waals surface area (Å²) in [7, 11) is 0. The van der Waals surface area contributed by atoms with E-state index in [1.807, 2.05) is 54.6 Å². The van der Waals surface area contributed by atoms with Gasteiger partial charge in [0.15, 0.2) is 0 Å². The molecule has 4 rings (SSSR count). The lowest BCUT2D eigenvalue weighted by atomic mass is 10.1. The number of rotatable bonds is 8. The van der Waals surface area contributed by atoms with Gasteiger partial charge in [-0.1, -0.05) is 36.4 Å². The van der Waals surface area contributed by atoms with Crippen molar-refractivity contribution in [3.63, 3.8) is 0 Å². The number of hydrogen-bond acceptors (Lipinski definition) is 5. The molecular weight excluding hydrogens is 406 g/mol. The zero-order chi connectivity index (χ0) is 22.2. The maximum absolute atomic E-state index is 12.6. The molecule has 2 N–H and O–H groups in total. The van der Waals surface area contributed by atoms with Gasteiger partial charge in [0, 0.05) is 16.8 Å². The van der Waals surface area contributed by atoms with Crippen LogP contribution in [-0.4, -0.2) is 33.1 Å². The van der Waals surface area contributed by atoms with Crippen molar-refractivity contribution in [2.75, 3.05) is 11.9 Å². The highest BCUT2D eigenvalue weighted by Crippen LogP contribution is 2.15. The number of anilines is 1. The van der Waals surface area contributed by atoms with Crippen molar-refractivity contribution in [2.45, 2.75) is 6.61 Å². The Morgan fingerprint density at radius 2 is 1.66 bits per heavy atom. The molecule has 0 bridgehead atoms. The minimum atomic E-state index is -0.339. The van der Waals surface area contributed by atoms with Crippen molar-refractivity contribution in [1.29, 1.82) is 0 Å². The molecule has 0 fully saturated rings. The molecule has 0 spiro atoms. The first-order valence-corrected chi connectivity index (χ1v) is 9.98. The zero-order valence-corrected chi connectivity index (χ0v) is 17.1. The normalized spacial score (nSPS) is 10.4. The van der Waals surface area contributed by atoms with Crippen molar-refractivity contribution in [3.8, 4) is 11.4 Å². The van der Waals surface area contributed by atoms with Crippen LogP contribution < -0.4 is 15.4 Å². The highest BCUT2D eigenvalue weighted by molar-refractivity contribution is 6.00. The summed E-state index contributed by atoms with van der Waals surface area (Å²) in [6.07, 6.45) is 3.04. The first kappa shape index (κ1) is 20.8. The smallest absolute Gasteiger partial charge is 0.252 e. The number of amides is 2. The Hall–Kier alpha value is -4.46. The minimum absolute atomic E-state index is 0.155. The number of carbonyl (C=O) groups excluding carboxylic acids is 2. The van der Waals surface area contributed by atoms with Crippen LogP contribution in [0.1, 0.15) is 15.9 Å². The van der Waals surface area contributed by atoms with Crippen molar-refractivity contribution in [1.82, 2.24) is 20.1 Å². The molecule has 0 aliphatic carbocycles. The van der Waals surface area contributed by atoms with Gasteiger partial charge in [-0.25, -0.2) is 9.67 Å². The first-order valence-electron chi connectivity index (χ1n) is 9.98. The molecule has 0 aliphatic rings. The highest BCUT2D eigenvalue weighted by atomic mass is 16.5. The Bertz CT molecular complexity index is 1180. The number of nitrogens with one attached hydrogen (secondary N) is 2. The molecule has 1 aromatic heterocycles. The van der Waals surface area contributed by atoms with Crippen LogP contribution in [-0.2, 0) is 11.4 Å². The third-order valence-electron chi connectivity index (χ3n) is 4.64. The van der Waals surface area contributed by atoms with E-state index in [2.05, 4.69) is 20.7 Å². The summed E-state index contributed by atoms with van der Waals surface area (Å²) >= 11 is 0. The molecule has 160 valence electrons. The van der Waals surface area contributed by atoms with Gasteiger partial charge in [0.05, 0.1) is 12.2 Å². The van der Waals surface area contributed by atoms with Crippen LogP contribution in [0, 0.1) is 0 Å². The van der Waals surface area contributed by atoms with Gasteiger partial charge in [0.1, 0.15) is 25.0 Å². The maximum Gasteiger partial charge on any atom is 0.252 e. The van der Waals surface area contributed by atoms with E-state index in [0.29, 0.717) is 11.3 Å². The fourth-order valence-electron chi connectivity index (χ4n) is 3.05. The van der Waals surface area contributed by atoms with Crippen LogP contribution >= 0.6 is 0 Å². The summed E-state index contributed by atoms with van der Waals surface area (Å²) in [4.78, 5) is 28.8.